The van der Waals surface area contributed by atoms with E-state index in [0.29, 0.717) is 17.9 Å². The van der Waals surface area contributed by atoms with Gasteiger partial charge in [0.2, 0.25) is 0 Å². The molecule has 3 nitrogen and oxygen atoms in total. The van der Waals surface area contributed by atoms with E-state index in [-0.39, 0.29) is 11.5 Å². The van der Waals surface area contributed by atoms with Gasteiger partial charge in [-0.05, 0) is 36.5 Å². The highest BCUT2D eigenvalue weighted by Gasteiger charge is 2.10. The molecule has 0 amide bonds. The quantitative estimate of drug-likeness (QED) is 0.669. The zero-order chi connectivity index (χ0) is 11.4. The van der Waals surface area contributed by atoms with Crippen LogP contribution in [0, 0.1) is 5.92 Å². The van der Waals surface area contributed by atoms with Crippen LogP contribution in [0.2, 0.25) is 0 Å². The lowest BCUT2D eigenvalue weighted by molar-refractivity contribution is 0.158. The Kier molecular flexibility index (Phi) is 3.97. The Labute approximate surface area is 90.0 Å². The number of hydrogen-bond donors (Lipinski definition) is 3. The zero-order valence-electron chi connectivity index (χ0n) is 9.14. The van der Waals surface area contributed by atoms with Gasteiger partial charge in [-0.1, -0.05) is 19.9 Å². The summed E-state index contributed by atoms with van der Waals surface area (Å²) in [6.07, 6.45) is 1.03. The zero-order valence-corrected chi connectivity index (χ0v) is 9.14. The van der Waals surface area contributed by atoms with Gasteiger partial charge in [-0.2, -0.15) is 0 Å². The molecular formula is C12H18O3. The van der Waals surface area contributed by atoms with Gasteiger partial charge in [-0.15, -0.1) is 0 Å². The minimum absolute atomic E-state index is 0.158. The second-order valence-corrected chi connectivity index (χ2v) is 4.24. The van der Waals surface area contributed by atoms with Crippen LogP contribution in [0.25, 0.3) is 0 Å². The van der Waals surface area contributed by atoms with Crippen molar-refractivity contribution in [2.45, 2.75) is 32.8 Å². The minimum atomic E-state index is -0.570. The van der Waals surface area contributed by atoms with Crippen molar-refractivity contribution < 1.29 is 15.3 Å². The van der Waals surface area contributed by atoms with Gasteiger partial charge >= 0.3 is 0 Å². The Morgan fingerprint density at radius 3 is 2.27 bits per heavy atom. The molecule has 0 unspecified atom stereocenters. The summed E-state index contributed by atoms with van der Waals surface area (Å²) >= 11 is 0. The lowest BCUT2D eigenvalue weighted by Crippen LogP contribution is -1.99. The fourth-order valence-corrected chi connectivity index (χ4v) is 1.41. The van der Waals surface area contributed by atoms with Gasteiger partial charge in [0.25, 0.3) is 0 Å². The Bertz CT molecular complexity index is 321. The van der Waals surface area contributed by atoms with Crippen LogP contribution in [0.15, 0.2) is 18.2 Å². The first kappa shape index (κ1) is 11.9. The number of benzene rings is 1. The summed E-state index contributed by atoms with van der Waals surface area (Å²) in [7, 11) is 0. The predicted octanol–water partition coefficient (Wildman–Crippen LogP) is 2.57. The van der Waals surface area contributed by atoms with Crippen LogP contribution in [-0.4, -0.2) is 15.3 Å². The molecule has 1 atom stereocenters. The molecule has 3 heteroatoms. The van der Waals surface area contributed by atoms with Crippen LogP contribution in [0.3, 0.4) is 0 Å². The minimum Gasteiger partial charge on any atom is -0.504 e. The number of aromatic hydroxyl groups is 2. The lowest BCUT2D eigenvalue weighted by atomic mass is 10.00. The van der Waals surface area contributed by atoms with Crippen molar-refractivity contribution in [1.29, 1.82) is 0 Å². The van der Waals surface area contributed by atoms with E-state index in [1.165, 1.54) is 12.1 Å². The second kappa shape index (κ2) is 5.03. The molecular weight excluding hydrogens is 192 g/mol. The molecule has 0 aliphatic rings. The van der Waals surface area contributed by atoms with Gasteiger partial charge < -0.3 is 15.3 Å². The van der Waals surface area contributed by atoms with Crippen molar-refractivity contribution in [2.75, 3.05) is 0 Å². The van der Waals surface area contributed by atoms with Crippen molar-refractivity contribution >= 4 is 0 Å². The van der Waals surface area contributed by atoms with E-state index in [1.807, 2.05) is 0 Å². The fraction of sp³-hybridized carbons (Fsp3) is 0.500. The summed E-state index contributed by atoms with van der Waals surface area (Å²) in [5.74, 6) is 0.205. The number of hydrogen-bond acceptors (Lipinski definition) is 3. The third-order valence-corrected chi connectivity index (χ3v) is 2.40. The molecule has 0 fully saturated rings. The van der Waals surface area contributed by atoms with Crippen LogP contribution in [0.5, 0.6) is 11.5 Å². The molecule has 1 aromatic rings. The first-order valence-electron chi connectivity index (χ1n) is 5.20. The molecule has 1 aromatic carbocycles. The third-order valence-electron chi connectivity index (χ3n) is 2.40. The van der Waals surface area contributed by atoms with E-state index in [1.54, 1.807) is 6.07 Å². The normalized spacial score (nSPS) is 13.1. The van der Waals surface area contributed by atoms with Gasteiger partial charge in [0.1, 0.15) is 0 Å². The molecule has 0 radical (unpaired) electrons. The SMILES string of the molecule is CC(C)CC[C@H](O)c1ccc(O)c(O)c1. The predicted molar refractivity (Wildman–Crippen MR) is 58.8 cm³/mol. The molecule has 0 saturated heterocycles. The monoisotopic (exact) mass is 210 g/mol. The van der Waals surface area contributed by atoms with E-state index in [0.717, 1.165) is 6.42 Å². The molecule has 15 heavy (non-hydrogen) atoms. The molecule has 0 bridgehead atoms. The molecule has 0 aliphatic carbocycles. The molecule has 0 aromatic heterocycles. The Morgan fingerprint density at radius 2 is 1.73 bits per heavy atom. The summed E-state index contributed by atoms with van der Waals surface area (Å²) < 4.78 is 0. The van der Waals surface area contributed by atoms with Crippen LogP contribution < -0.4 is 0 Å². The highest BCUT2D eigenvalue weighted by atomic mass is 16.3. The van der Waals surface area contributed by atoms with E-state index in [2.05, 4.69) is 13.8 Å². The summed E-state index contributed by atoms with van der Waals surface area (Å²) in [6.45, 7) is 4.20. The summed E-state index contributed by atoms with van der Waals surface area (Å²) in [5, 5.41) is 28.2. The highest BCUT2D eigenvalue weighted by molar-refractivity contribution is 5.41. The molecule has 0 spiro atoms. The maximum atomic E-state index is 9.79. The number of phenols is 2. The van der Waals surface area contributed by atoms with Crippen LogP contribution in [0.4, 0.5) is 0 Å². The van der Waals surface area contributed by atoms with E-state index < -0.39 is 6.10 Å². The first-order valence-corrected chi connectivity index (χ1v) is 5.20. The fourth-order valence-electron chi connectivity index (χ4n) is 1.41. The third kappa shape index (κ3) is 3.44. The highest BCUT2D eigenvalue weighted by Crippen LogP contribution is 2.29. The van der Waals surface area contributed by atoms with Crippen LogP contribution in [-0.2, 0) is 0 Å². The topological polar surface area (TPSA) is 60.7 Å². The standard InChI is InChI=1S/C12H18O3/c1-8(2)3-5-10(13)9-4-6-11(14)12(15)7-9/h4,6-8,10,13-15H,3,5H2,1-2H3/t10-/m0/s1. The smallest absolute Gasteiger partial charge is 0.157 e. The van der Waals surface area contributed by atoms with E-state index in [9.17, 15) is 10.2 Å². The van der Waals surface area contributed by atoms with Gasteiger partial charge in [-0.3, -0.25) is 0 Å². The average molecular weight is 210 g/mol. The average Bonchev–Trinajstić information content (AvgIpc) is 2.18. The number of phenolic OH excluding ortho intramolecular Hbond substituents is 2. The van der Waals surface area contributed by atoms with Crippen molar-refractivity contribution in [3.05, 3.63) is 23.8 Å². The molecule has 0 saturated carbocycles. The largest absolute Gasteiger partial charge is 0.504 e. The van der Waals surface area contributed by atoms with Crippen molar-refractivity contribution in [3.63, 3.8) is 0 Å². The van der Waals surface area contributed by atoms with Crippen molar-refractivity contribution in [3.8, 4) is 11.5 Å². The molecule has 3 N–H and O–H groups in total. The maximum Gasteiger partial charge on any atom is 0.157 e. The second-order valence-electron chi connectivity index (χ2n) is 4.24. The summed E-state index contributed by atoms with van der Waals surface area (Å²) in [5.41, 5.74) is 0.644. The molecule has 1 rings (SSSR count). The van der Waals surface area contributed by atoms with Crippen LogP contribution >= 0.6 is 0 Å². The summed E-state index contributed by atoms with van der Waals surface area (Å²) in [6, 6.07) is 4.42. The molecule has 0 heterocycles. The van der Waals surface area contributed by atoms with Gasteiger partial charge in [0.05, 0.1) is 6.10 Å². The first-order chi connectivity index (χ1) is 7.00. The Balaban J connectivity index is 2.65. The molecule has 0 aliphatic heterocycles. The Hall–Kier alpha value is -1.22. The Morgan fingerprint density at radius 1 is 1.07 bits per heavy atom. The number of aliphatic hydroxyl groups is 1. The number of aliphatic hydroxyl groups excluding tert-OH is 1. The maximum absolute atomic E-state index is 9.79. The van der Waals surface area contributed by atoms with Crippen LogP contribution in [0.1, 0.15) is 38.4 Å². The van der Waals surface area contributed by atoms with E-state index in [4.69, 9.17) is 5.11 Å². The van der Waals surface area contributed by atoms with Gasteiger partial charge in [-0.25, -0.2) is 0 Å². The van der Waals surface area contributed by atoms with Gasteiger partial charge in [0.15, 0.2) is 11.5 Å². The van der Waals surface area contributed by atoms with Gasteiger partial charge in [0, 0.05) is 0 Å². The molecule has 84 valence electrons. The lowest BCUT2D eigenvalue weighted by Gasteiger charge is -2.13. The van der Waals surface area contributed by atoms with E-state index >= 15 is 0 Å². The van der Waals surface area contributed by atoms with Crippen molar-refractivity contribution in [1.82, 2.24) is 0 Å². The summed E-state index contributed by atoms with van der Waals surface area (Å²) in [4.78, 5) is 0. The number of rotatable bonds is 4. The van der Waals surface area contributed by atoms with Crippen molar-refractivity contribution in [2.24, 2.45) is 5.92 Å².